The molecule has 1 aromatic heterocycles. The van der Waals surface area contributed by atoms with Gasteiger partial charge in [0.2, 0.25) is 0 Å². The molecule has 5 nitrogen and oxygen atoms in total. The Balaban J connectivity index is 2.40. The van der Waals surface area contributed by atoms with Crippen LogP contribution in [0.3, 0.4) is 0 Å². The fourth-order valence-corrected chi connectivity index (χ4v) is 5.63. The molecular weight excluding hydrogens is 438 g/mol. The van der Waals surface area contributed by atoms with Gasteiger partial charge in [-0.2, -0.15) is 0 Å². The highest BCUT2D eigenvalue weighted by Crippen LogP contribution is 2.47. The topological polar surface area (TPSA) is 85.2 Å². The summed E-state index contributed by atoms with van der Waals surface area (Å²) in [4.78, 5) is 15.0. The monoisotopic (exact) mass is 454 g/mol. The molecule has 1 atom stereocenters. The van der Waals surface area contributed by atoms with Crippen molar-refractivity contribution in [3.63, 3.8) is 0 Å². The van der Waals surface area contributed by atoms with E-state index in [-0.39, 0.29) is 12.3 Å². The standard InChI is InChI=1S/C17H16IN2O3P/c1-2-23-24(22,12-6-4-3-5-7-12)16-13-10-11(18)8-9-14(13)20-15(16)17(19)21/h3-10,20H,2H2,1H3,(H2,19,21). The largest absolute Gasteiger partial charge is 0.364 e. The number of hydrogen-bond acceptors (Lipinski definition) is 3. The number of rotatable bonds is 5. The summed E-state index contributed by atoms with van der Waals surface area (Å²) in [7, 11) is -3.47. The number of benzene rings is 2. The molecule has 3 N–H and O–H groups in total. The van der Waals surface area contributed by atoms with Crippen LogP contribution in [0.5, 0.6) is 0 Å². The van der Waals surface area contributed by atoms with Crippen LogP contribution in [0.2, 0.25) is 0 Å². The number of halogens is 1. The van der Waals surface area contributed by atoms with Crippen LogP contribution in [0, 0.1) is 3.57 Å². The minimum atomic E-state index is -3.47. The van der Waals surface area contributed by atoms with Crippen LogP contribution in [0.15, 0.2) is 48.5 Å². The van der Waals surface area contributed by atoms with Crippen molar-refractivity contribution in [1.82, 2.24) is 4.98 Å². The maximum Gasteiger partial charge on any atom is 0.266 e. The zero-order valence-corrected chi connectivity index (χ0v) is 16.0. The summed E-state index contributed by atoms with van der Waals surface area (Å²) in [6.45, 7) is 2.03. The lowest BCUT2D eigenvalue weighted by Gasteiger charge is -2.19. The Kier molecular flexibility index (Phi) is 4.80. The van der Waals surface area contributed by atoms with E-state index in [0.717, 1.165) is 3.57 Å². The van der Waals surface area contributed by atoms with Gasteiger partial charge in [0.25, 0.3) is 13.3 Å². The minimum absolute atomic E-state index is 0.132. The molecule has 0 saturated carbocycles. The van der Waals surface area contributed by atoms with Crippen molar-refractivity contribution in [2.24, 2.45) is 5.73 Å². The van der Waals surface area contributed by atoms with Crippen molar-refractivity contribution >= 4 is 57.4 Å². The number of hydrogen-bond donors (Lipinski definition) is 2. The number of carbonyl (C=O) groups excluding carboxylic acids is 1. The first kappa shape index (κ1) is 17.2. The second kappa shape index (κ2) is 6.70. The Hall–Kier alpha value is -1.63. The molecular formula is C17H16IN2O3P. The van der Waals surface area contributed by atoms with Gasteiger partial charge in [-0.3, -0.25) is 9.36 Å². The number of carbonyl (C=O) groups is 1. The first-order valence-electron chi connectivity index (χ1n) is 7.39. The van der Waals surface area contributed by atoms with Gasteiger partial charge in [0.05, 0.1) is 11.9 Å². The maximum atomic E-state index is 13.9. The van der Waals surface area contributed by atoms with E-state index >= 15 is 0 Å². The summed E-state index contributed by atoms with van der Waals surface area (Å²) < 4.78 is 20.6. The molecule has 0 aliphatic carbocycles. The molecule has 0 saturated heterocycles. The van der Waals surface area contributed by atoms with Crippen molar-refractivity contribution in [3.8, 4) is 0 Å². The van der Waals surface area contributed by atoms with Crippen LogP contribution in [-0.4, -0.2) is 17.5 Å². The second-order valence-electron chi connectivity index (χ2n) is 5.21. The number of nitrogens with one attached hydrogen (secondary N) is 1. The molecule has 3 aromatic rings. The highest BCUT2D eigenvalue weighted by atomic mass is 127. The predicted molar refractivity (Wildman–Crippen MR) is 104 cm³/mol. The van der Waals surface area contributed by atoms with Gasteiger partial charge in [-0.1, -0.05) is 18.2 Å². The molecule has 0 spiro atoms. The zero-order chi connectivity index (χ0) is 17.3. The van der Waals surface area contributed by atoms with Crippen molar-refractivity contribution in [2.45, 2.75) is 6.92 Å². The Labute approximate surface area is 153 Å². The number of aromatic nitrogens is 1. The lowest BCUT2D eigenvalue weighted by molar-refractivity contribution is 0.0997. The summed E-state index contributed by atoms with van der Waals surface area (Å²) >= 11 is 2.17. The van der Waals surface area contributed by atoms with E-state index in [0.29, 0.717) is 21.5 Å². The van der Waals surface area contributed by atoms with Crippen LogP contribution in [0.4, 0.5) is 0 Å². The zero-order valence-electron chi connectivity index (χ0n) is 13.0. The van der Waals surface area contributed by atoms with Crippen molar-refractivity contribution < 1.29 is 13.9 Å². The number of primary amides is 1. The van der Waals surface area contributed by atoms with Crippen LogP contribution in [0.25, 0.3) is 10.9 Å². The molecule has 1 unspecified atom stereocenters. The Morgan fingerprint density at radius 1 is 1.25 bits per heavy atom. The van der Waals surface area contributed by atoms with Gasteiger partial charge in [-0.15, -0.1) is 0 Å². The number of H-pyrrole nitrogens is 1. The third-order valence-corrected chi connectivity index (χ3v) is 7.01. The molecule has 0 aliphatic heterocycles. The fourth-order valence-electron chi connectivity index (χ4n) is 2.71. The third-order valence-electron chi connectivity index (χ3n) is 3.68. The lowest BCUT2D eigenvalue weighted by atomic mass is 10.2. The van der Waals surface area contributed by atoms with Gasteiger partial charge < -0.3 is 15.2 Å². The maximum absolute atomic E-state index is 13.9. The van der Waals surface area contributed by atoms with Crippen LogP contribution in [0.1, 0.15) is 17.4 Å². The van der Waals surface area contributed by atoms with Crippen molar-refractivity contribution in [3.05, 3.63) is 57.8 Å². The first-order chi connectivity index (χ1) is 11.5. The SMILES string of the molecule is CCOP(=O)(c1ccccc1)c1c(C(N)=O)[nH]c2ccc(I)cc12. The molecule has 1 heterocycles. The van der Waals surface area contributed by atoms with Crippen LogP contribution >= 0.6 is 30.0 Å². The van der Waals surface area contributed by atoms with E-state index < -0.39 is 13.3 Å². The Bertz CT molecular complexity index is 953. The molecule has 0 bridgehead atoms. The van der Waals surface area contributed by atoms with E-state index in [4.69, 9.17) is 10.3 Å². The molecule has 1 amide bonds. The Morgan fingerprint density at radius 3 is 2.58 bits per heavy atom. The number of nitrogens with two attached hydrogens (primary N) is 1. The van der Waals surface area contributed by atoms with Crippen LogP contribution in [-0.2, 0) is 9.09 Å². The highest BCUT2D eigenvalue weighted by Gasteiger charge is 2.35. The van der Waals surface area contributed by atoms with E-state index in [1.54, 1.807) is 31.2 Å². The number of aromatic amines is 1. The average molecular weight is 454 g/mol. The summed E-state index contributed by atoms with van der Waals surface area (Å²) in [6, 6.07) is 14.5. The molecule has 0 aliphatic rings. The van der Waals surface area contributed by atoms with E-state index in [1.165, 1.54) is 0 Å². The number of amides is 1. The van der Waals surface area contributed by atoms with Crippen molar-refractivity contribution in [2.75, 3.05) is 6.61 Å². The lowest BCUT2D eigenvalue weighted by Crippen LogP contribution is -2.26. The summed E-state index contributed by atoms with van der Waals surface area (Å²) in [5.41, 5.74) is 6.37. The van der Waals surface area contributed by atoms with Crippen molar-refractivity contribution in [1.29, 1.82) is 0 Å². The van der Waals surface area contributed by atoms with Gasteiger partial charge >= 0.3 is 0 Å². The van der Waals surface area contributed by atoms with Gasteiger partial charge in [0.15, 0.2) is 0 Å². The third kappa shape index (κ3) is 2.90. The van der Waals surface area contributed by atoms with E-state index in [1.807, 2.05) is 24.3 Å². The Morgan fingerprint density at radius 2 is 1.96 bits per heavy atom. The van der Waals surface area contributed by atoms with Gasteiger partial charge in [0, 0.05) is 19.8 Å². The molecule has 2 aromatic carbocycles. The van der Waals surface area contributed by atoms with Gasteiger partial charge in [-0.25, -0.2) is 0 Å². The first-order valence-corrected chi connectivity index (χ1v) is 10.1. The summed E-state index contributed by atoms with van der Waals surface area (Å²) in [6.07, 6.45) is 0. The smallest absolute Gasteiger partial charge is 0.266 e. The van der Waals surface area contributed by atoms with Gasteiger partial charge in [-0.05, 0) is 59.8 Å². The number of fused-ring (bicyclic) bond motifs is 1. The minimum Gasteiger partial charge on any atom is -0.364 e. The average Bonchev–Trinajstić information content (AvgIpc) is 2.95. The fraction of sp³-hybridized carbons (Fsp3) is 0.118. The normalized spacial score (nSPS) is 13.8. The second-order valence-corrected chi connectivity index (χ2v) is 8.78. The molecule has 3 rings (SSSR count). The van der Waals surface area contributed by atoms with E-state index in [2.05, 4.69) is 27.6 Å². The van der Waals surface area contributed by atoms with Crippen LogP contribution < -0.4 is 16.3 Å². The molecule has 0 fully saturated rings. The van der Waals surface area contributed by atoms with Gasteiger partial charge in [0.1, 0.15) is 5.69 Å². The summed E-state index contributed by atoms with van der Waals surface area (Å²) in [5, 5.41) is 1.57. The molecule has 0 radical (unpaired) electrons. The highest BCUT2D eigenvalue weighted by molar-refractivity contribution is 14.1. The summed E-state index contributed by atoms with van der Waals surface area (Å²) in [5.74, 6) is -0.660. The molecule has 7 heteroatoms. The molecule has 124 valence electrons. The molecule has 24 heavy (non-hydrogen) atoms. The van der Waals surface area contributed by atoms with E-state index in [9.17, 15) is 9.36 Å². The predicted octanol–water partition coefficient (Wildman–Crippen LogP) is 3.14. The quantitative estimate of drug-likeness (QED) is 0.459.